The maximum atomic E-state index is 11.4. The third kappa shape index (κ3) is 3.64. The van der Waals surface area contributed by atoms with E-state index in [2.05, 4.69) is 24.5 Å². The van der Waals surface area contributed by atoms with Gasteiger partial charge in [-0.3, -0.25) is 4.79 Å². The van der Waals surface area contributed by atoms with Crippen LogP contribution in [0, 0.1) is 11.8 Å². The van der Waals surface area contributed by atoms with Crippen LogP contribution in [-0.4, -0.2) is 36.8 Å². The minimum absolute atomic E-state index is 0.0616. The number of carbonyl (C=O) groups excluding carboxylic acids is 1. The lowest BCUT2D eigenvalue weighted by molar-refractivity contribution is -0.126. The highest BCUT2D eigenvalue weighted by Crippen LogP contribution is 2.05. The number of nitrogens with one attached hydrogen (secondary N) is 2. The average Bonchev–Trinajstić information content (AvgIpc) is 1.96. The van der Waals surface area contributed by atoms with E-state index in [0.29, 0.717) is 12.5 Å². The van der Waals surface area contributed by atoms with Gasteiger partial charge in [0.2, 0.25) is 5.91 Å². The molecule has 0 aliphatic carbocycles. The Morgan fingerprint density at radius 2 is 2.21 bits per heavy atom. The van der Waals surface area contributed by atoms with Gasteiger partial charge in [-0.2, -0.15) is 0 Å². The number of carbonyl (C=O) groups is 1. The number of amides is 1. The largest absolute Gasteiger partial charge is 0.391 e. The Bertz CT molecular complexity index is 191. The summed E-state index contributed by atoms with van der Waals surface area (Å²) in [5.74, 6) is 0.639. The Hall–Kier alpha value is -0.610. The molecule has 1 unspecified atom stereocenters. The maximum absolute atomic E-state index is 11.4. The molecule has 82 valence electrons. The Kier molecular flexibility index (Phi) is 4.35. The van der Waals surface area contributed by atoms with Gasteiger partial charge in [0, 0.05) is 19.6 Å². The third-order valence-electron chi connectivity index (χ3n) is 2.41. The van der Waals surface area contributed by atoms with Crippen molar-refractivity contribution in [3.63, 3.8) is 0 Å². The predicted molar refractivity (Wildman–Crippen MR) is 54.8 cm³/mol. The first-order chi connectivity index (χ1) is 6.59. The fraction of sp³-hybridized carbons (Fsp3) is 0.900. The van der Waals surface area contributed by atoms with E-state index in [1.165, 1.54) is 0 Å². The van der Waals surface area contributed by atoms with Crippen molar-refractivity contribution in [3.8, 4) is 0 Å². The van der Waals surface area contributed by atoms with Crippen LogP contribution in [0.1, 0.15) is 20.3 Å². The predicted octanol–water partition coefficient (Wildman–Crippen LogP) is -0.271. The lowest BCUT2D eigenvalue weighted by Crippen LogP contribution is -2.51. The van der Waals surface area contributed by atoms with Crippen molar-refractivity contribution in [3.05, 3.63) is 0 Å². The van der Waals surface area contributed by atoms with Crippen LogP contribution in [0.2, 0.25) is 0 Å². The molecule has 1 saturated heterocycles. The number of aliphatic hydroxyl groups is 1. The van der Waals surface area contributed by atoms with Gasteiger partial charge in [0.25, 0.3) is 0 Å². The zero-order valence-corrected chi connectivity index (χ0v) is 8.92. The molecule has 1 aliphatic rings. The zero-order chi connectivity index (χ0) is 10.6. The van der Waals surface area contributed by atoms with Gasteiger partial charge in [-0.1, -0.05) is 13.8 Å². The molecular formula is C10H20N2O2. The Balaban J connectivity index is 2.09. The molecule has 1 rings (SSSR count). The molecule has 0 aromatic rings. The van der Waals surface area contributed by atoms with E-state index in [1.54, 1.807) is 0 Å². The van der Waals surface area contributed by atoms with Gasteiger partial charge in [-0.15, -0.1) is 0 Å². The van der Waals surface area contributed by atoms with Crippen molar-refractivity contribution in [1.82, 2.24) is 10.6 Å². The average molecular weight is 200 g/mol. The molecule has 1 fully saturated rings. The van der Waals surface area contributed by atoms with E-state index >= 15 is 0 Å². The van der Waals surface area contributed by atoms with Gasteiger partial charge < -0.3 is 15.7 Å². The molecule has 4 heteroatoms. The van der Waals surface area contributed by atoms with E-state index in [1.807, 2.05) is 0 Å². The summed E-state index contributed by atoms with van der Waals surface area (Å²) in [5, 5.41) is 15.3. The van der Waals surface area contributed by atoms with Crippen LogP contribution in [0.15, 0.2) is 0 Å². The van der Waals surface area contributed by atoms with Crippen molar-refractivity contribution in [2.24, 2.45) is 11.8 Å². The SMILES string of the molecule is CC(C)CC(O)CNC(=O)C1CNC1. The first-order valence-corrected chi connectivity index (χ1v) is 5.26. The minimum atomic E-state index is -0.410. The van der Waals surface area contributed by atoms with Gasteiger partial charge in [0.1, 0.15) is 0 Å². The van der Waals surface area contributed by atoms with Crippen LogP contribution in [0.5, 0.6) is 0 Å². The number of hydrogen-bond donors (Lipinski definition) is 3. The Labute approximate surface area is 85.1 Å². The summed E-state index contributed by atoms with van der Waals surface area (Å²) < 4.78 is 0. The smallest absolute Gasteiger partial charge is 0.225 e. The topological polar surface area (TPSA) is 61.4 Å². The molecule has 0 aromatic heterocycles. The number of aliphatic hydroxyl groups excluding tert-OH is 1. The Morgan fingerprint density at radius 3 is 2.64 bits per heavy atom. The van der Waals surface area contributed by atoms with Crippen molar-refractivity contribution < 1.29 is 9.90 Å². The zero-order valence-electron chi connectivity index (χ0n) is 8.92. The van der Waals surface area contributed by atoms with Crippen molar-refractivity contribution in [1.29, 1.82) is 0 Å². The molecule has 1 heterocycles. The van der Waals surface area contributed by atoms with E-state index < -0.39 is 6.10 Å². The second-order valence-electron chi connectivity index (χ2n) is 4.38. The molecule has 0 radical (unpaired) electrons. The quantitative estimate of drug-likeness (QED) is 0.572. The second-order valence-corrected chi connectivity index (χ2v) is 4.38. The molecule has 3 N–H and O–H groups in total. The molecular weight excluding hydrogens is 180 g/mol. The highest BCUT2D eigenvalue weighted by molar-refractivity contribution is 5.79. The molecule has 0 bridgehead atoms. The third-order valence-corrected chi connectivity index (χ3v) is 2.41. The van der Waals surface area contributed by atoms with E-state index in [4.69, 9.17) is 0 Å². The summed E-state index contributed by atoms with van der Waals surface area (Å²) in [6, 6.07) is 0. The van der Waals surface area contributed by atoms with E-state index in [0.717, 1.165) is 19.5 Å². The summed E-state index contributed by atoms with van der Waals surface area (Å²) >= 11 is 0. The first-order valence-electron chi connectivity index (χ1n) is 5.26. The molecule has 1 aliphatic heterocycles. The number of hydrogen-bond acceptors (Lipinski definition) is 3. The van der Waals surface area contributed by atoms with Crippen LogP contribution in [0.25, 0.3) is 0 Å². The van der Waals surface area contributed by atoms with Crippen molar-refractivity contribution >= 4 is 5.91 Å². The molecule has 0 aromatic carbocycles. The highest BCUT2D eigenvalue weighted by atomic mass is 16.3. The summed E-state index contributed by atoms with van der Waals surface area (Å²) in [7, 11) is 0. The first kappa shape index (κ1) is 11.5. The standard InChI is InChI=1S/C10H20N2O2/c1-7(2)3-9(13)6-12-10(14)8-4-11-5-8/h7-9,11,13H,3-6H2,1-2H3,(H,12,14). The van der Waals surface area contributed by atoms with Crippen molar-refractivity contribution in [2.45, 2.75) is 26.4 Å². The molecule has 14 heavy (non-hydrogen) atoms. The van der Waals surface area contributed by atoms with E-state index in [9.17, 15) is 9.90 Å². The molecule has 0 saturated carbocycles. The summed E-state index contributed by atoms with van der Waals surface area (Å²) in [5.41, 5.74) is 0. The lowest BCUT2D eigenvalue weighted by Gasteiger charge is -2.26. The molecule has 1 amide bonds. The lowest BCUT2D eigenvalue weighted by atomic mass is 10.0. The van der Waals surface area contributed by atoms with Crippen LogP contribution >= 0.6 is 0 Å². The molecule has 0 spiro atoms. The van der Waals surface area contributed by atoms with Gasteiger partial charge in [0.05, 0.1) is 12.0 Å². The van der Waals surface area contributed by atoms with Gasteiger partial charge in [-0.25, -0.2) is 0 Å². The van der Waals surface area contributed by atoms with Gasteiger partial charge in [-0.05, 0) is 12.3 Å². The number of rotatable bonds is 5. The summed E-state index contributed by atoms with van der Waals surface area (Å²) in [6.07, 6.45) is 0.329. The minimum Gasteiger partial charge on any atom is -0.391 e. The normalized spacial score (nSPS) is 19.1. The van der Waals surface area contributed by atoms with Gasteiger partial charge in [0.15, 0.2) is 0 Å². The highest BCUT2D eigenvalue weighted by Gasteiger charge is 2.24. The molecule has 4 nitrogen and oxygen atoms in total. The van der Waals surface area contributed by atoms with E-state index in [-0.39, 0.29) is 11.8 Å². The van der Waals surface area contributed by atoms with Crippen LogP contribution in [0.3, 0.4) is 0 Å². The monoisotopic (exact) mass is 200 g/mol. The van der Waals surface area contributed by atoms with Crippen molar-refractivity contribution in [2.75, 3.05) is 19.6 Å². The fourth-order valence-corrected chi connectivity index (χ4v) is 1.46. The fourth-order valence-electron chi connectivity index (χ4n) is 1.46. The van der Waals surface area contributed by atoms with Crippen LogP contribution in [0.4, 0.5) is 0 Å². The summed E-state index contributed by atoms with van der Waals surface area (Å²) in [6.45, 7) is 6.04. The van der Waals surface area contributed by atoms with Crippen LogP contribution in [-0.2, 0) is 4.79 Å². The molecule has 1 atom stereocenters. The van der Waals surface area contributed by atoms with Crippen LogP contribution < -0.4 is 10.6 Å². The summed E-state index contributed by atoms with van der Waals surface area (Å²) in [4.78, 5) is 11.4. The maximum Gasteiger partial charge on any atom is 0.225 e. The van der Waals surface area contributed by atoms with Gasteiger partial charge >= 0.3 is 0 Å². The Morgan fingerprint density at radius 1 is 1.57 bits per heavy atom. The second kappa shape index (κ2) is 5.32.